The van der Waals surface area contributed by atoms with Gasteiger partial charge >= 0.3 is 0 Å². The van der Waals surface area contributed by atoms with E-state index >= 15 is 0 Å². The third-order valence-corrected chi connectivity index (χ3v) is 5.61. The fourth-order valence-electron chi connectivity index (χ4n) is 3.10. The molecule has 1 unspecified atom stereocenters. The molecular weight excluding hydrogens is 363 g/mol. The molecular formula is C21H23FN2O2S. The molecule has 27 heavy (non-hydrogen) atoms. The van der Waals surface area contributed by atoms with Crippen molar-refractivity contribution in [3.63, 3.8) is 0 Å². The molecule has 1 atom stereocenters. The fourth-order valence-corrected chi connectivity index (χ4v) is 4.20. The minimum absolute atomic E-state index is 0.138. The number of halogens is 1. The first-order valence-electron chi connectivity index (χ1n) is 9.03. The summed E-state index contributed by atoms with van der Waals surface area (Å²) in [6, 6.07) is 13.1. The van der Waals surface area contributed by atoms with Crippen LogP contribution in [-0.4, -0.2) is 19.5 Å². The predicted molar refractivity (Wildman–Crippen MR) is 105 cm³/mol. The van der Waals surface area contributed by atoms with Gasteiger partial charge in [-0.25, -0.2) is 4.39 Å². The summed E-state index contributed by atoms with van der Waals surface area (Å²) >= 11 is 1.78. The summed E-state index contributed by atoms with van der Waals surface area (Å²) < 4.78 is 24.8. The van der Waals surface area contributed by atoms with Crippen LogP contribution in [0.25, 0.3) is 0 Å². The van der Waals surface area contributed by atoms with Gasteiger partial charge in [0.25, 0.3) is 0 Å². The van der Waals surface area contributed by atoms with Crippen molar-refractivity contribution in [2.24, 2.45) is 0 Å². The lowest BCUT2D eigenvalue weighted by Crippen LogP contribution is -2.24. The Hall–Kier alpha value is -2.23. The van der Waals surface area contributed by atoms with Gasteiger partial charge in [-0.1, -0.05) is 6.07 Å². The molecule has 1 N–H and O–H groups in total. The molecule has 0 aromatic heterocycles. The Bertz CT molecular complexity index is 822. The zero-order chi connectivity index (χ0) is 19.1. The van der Waals surface area contributed by atoms with Crippen LogP contribution >= 0.6 is 11.8 Å². The average Bonchev–Trinajstić information content (AvgIpc) is 2.69. The molecule has 3 rings (SSSR count). The van der Waals surface area contributed by atoms with Crippen molar-refractivity contribution in [1.82, 2.24) is 5.32 Å². The second-order valence-corrected chi connectivity index (χ2v) is 7.48. The molecule has 0 radical (unpaired) electrons. The first-order valence-corrected chi connectivity index (χ1v) is 10.0. The number of nitrogens with zero attached hydrogens (tertiary/aromatic N) is 1. The van der Waals surface area contributed by atoms with Crippen LogP contribution in [-0.2, 0) is 6.54 Å². The molecule has 2 aromatic rings. The normalized spacial score (nSPS) is 15.7. The quantitative estimate of drug-likeness (QED) is 0.658. The third-order valence-electron chi connectivity index (χ3n) is 4.48. The summed E-state index contributed by atoms with van der Waals surface area (Å²) in [4.78, 5) is 1.15. The number of nitrogens with one attached hydrogen (secondary N) is 1. The van der Waals surface area contributed by atoms with E-state index in [9.17, 15) is 4.39 Å². The van der Waals surface area contributed by atoms with E-state index in [1.165, 1.54) is 6.07 Å². The van der Waals surface area contributed by atoms with Crippen LogP contribution in [0.4, 0.5) is 4.39 Å². The van der Waals surface area contributed by atoms with Gasteiger partial charge in [-0.2, -0.15) is 5.26 Å². The Morgan fingerprint density at radius 1 is 1.26 bits per heavy atom. The minimum atomic E-state index is -0.194. The molecule has 0 saturated carbocycles. The number of hydrogen-bond acceptors (Lipinski definition) is 5. The zero-order valence-corrected chi connectivity index (χ0v) is 16.2. The van der Waals surface area contributed by atoms with E-state index in [1.54, 1.807) is 24.9 Å². The molecule has 1 aliphatic rings. The lowest BCUT2D eigenvalue weighted by atomic mass is 10.0. The number of unbranched alkanes of at least 4 members (excludes halogenated alkanes) is 1. The molecule has 2 aromatic carbocycles. The second-order valence-electron chi connectivity index (χ2n) is 6.35. The zero-order valence-electron chi connectivity index (χ0n) is 15.3. The van der Waals surface area contributed by atoms with Crippen molar-refractivity contribution in [2.75, 3.05) is 19.5 Å². The summed E-state index contributed by atoms with van der Waals surface area (Å²) in [5.74, 6) is 2.18. The number of methoxy groups -OCH3 is 1. The van der Waals surface area contributed by atoms with E-state index in [-0.39, 0.29) is 11.9 Å². The van der Waals surface area contributed by atoms with Crippen molar-refractivity contribution in [2.45, 2.75) is 36.7 Å². The number of benzene rings is 2. The molecule has 4 nitrogen and oxygen atoms in total. The molecule has 1 heterocycles. The van der Waals surface area contributed by atoms with Crippen LogP contribution in [0.1, 0.15) is 36.4 Å². The molecule has 0 amide bonds. The fraction of sp³-hybridized carbons (Fsp3) is 0.381. The summed E-state index contributed by atoms with van der Waals surface area (Å²) in [5.41, 5.74) is 2.11. The maximum atomic E-state index is 13.7. The standard InChI is InChI=1S/C21H23FN2O2S/c1-25-19-6-4-15(12-20(19)26-10-3-2-9-23)14-24-18-8-11-27-21-7-5-16(22)13-17(18)21/h4-7,12-13,18,24H,2-3,8,10-11,14H2,1H3. The number of ether oxygens (including phenoxy) is 2. The molecule has 142 valence electrons. The van der Waals surface area contributed by atoms with Gasteiger partial charge in [0.05, 0.1) is 19.8 Å². The van der Waals surface area contributed by atoms with Crippen molar-refractivity contribution in [3.8, 4) is 17.6 Å². The van der Waals surface area contributed by atoms with Gasteiger partial charge in [0.15, 0.2) is 11.5 Å². The summed E-state index contributed by atoms with van der Waals surface area (Å²) in [6.45, 7) is 1.14. The van der Waals surface area contributed by atoms with Crippen molar-refractivity contribution >= 4 is 11.8 Å². The SMILES string of the molecule is COc1ccc(CNC2CCSc3ccc(F)cc32)cc1OCCCC#N. The summed E-state index contributed by atoms with van der Waals surface area (Å²) in [6.07, 6.45) is 2.12. The Balaban J connectivity index is 1.66. The van der Waals surface area contributed by atoms with Crippen LogP contribution in [0, 0.1) is 17.1 Å². The molecule has 0 aliphatic carbocycles. The van der Waals surface area contributed by atoms with Crippen molar-refractivity contribution in [3.05, 3.63) is 53.3 Å². The lowest BCUT2D eigenvalue weighted by molar-refractivity contribution is 0.290. The maximum absolute atomic E-state index is 13.7. The minimum Gasteiger partial charge on any atom is -0.493 e. The Morgan fingerprint density at radius 3 is 2.96 bits per heavy atom. The van der Waals surface area contributed by atoms with Crippen LogP contribution in [0.2, 0.25) is 0 Å². The lowest BCUT2D eigenvalue weighted by Gasteiger charge is -2.26. The molecule has 0 fully saturated rings. The van der Waals surface area contributed by atoms with E-state index in [0.29, 0.717) is 37.5 Å². The van der Waals surface area contributed by atoms with E-state index in [0.717, 1.165) is 28.2 Å². The van der Waals surface area contributed by atoms with E-state index in [2.05, 4.69) is 11.4 Å². The summed E-state index contributed by atoms with van der Waals surface area (Å²) in [5, 5.41) is 12.2. The van der Waals surface area contributed by atoms with Crippen LogP contribution in [0.15, 0.2) is 41.3 Å². The Labute approximate surface area is 163 Å². The highest BCUT2D eigenvalue weighted by atomic mass is 32.2. The summed E-state index contributed by atoms with van der Waals surface area (Å²) in [7, 11) is 1.61. The second kappa shape index (κ2) is 9.63. The molecule has 6 heteroatoms. The van der Waals surface area contributed by atoms with Gasteiger partial charge < -0.3 is 14.8 Å². The number of rotatable bonds is 8. The topological polar surface area (TPSA) is 54.3 Å². The maximum Gasteiger partial charge on any atom is 0.161 e. The first-order chi connectivity index (χ1) is 13.2. The predicted octanol–water partition coefficient (Wildman–Crippen LogP) is 4.84. The van der Waals surface area contributed by atoms with Gasteiger partial charge in [-0.15, -0.1) is 11.8 Å². The molecule has 0 spiro atoms. The average molecular weight is 386 g/mol. The Morgan fingerprint density at radius 2 is 2.15 bits per heavy atom. The Kier molecular flexibility index (Phi) is 6.97. The van der Waals surface area contributed by atoms with E-state index in [4.69, 9.17) is 14.7 Å². The van der Waals surface area contributed by atoms with Crippen molar-refractivity contribution < 1.29 is 13.9 Å². The van der Waals surface area contributed by atoms with Gasteiger partial charge in [0.1, 0.15) is 5.82 Å². The van der Waals surface area contributed by atoms with Crippen LogP contribution in [0.5, 0.6) is 11.5 Å². The van der Waals surface area contributed by atoms with E-state index in [1.807, 2.05) is 24.3 Å². The highest BCUT2D eigenvalue weighted by Crippen LogP contribution is 2.37. The molecule has 0 saturated heterocycles. The highest BCUT2D eigenvalue weighted by molar-refractivity contribution is 7.99. The first kappa shape index (κ1) is 19.5. The van der Waals surface area contributed by atoms with Gasteiger partial charge in [0, 0.05) is 23.9 Å². The van der Waals surface area contributed by atoms with Crippen molar-refractivity contribution in [1.29, 1.82) is 5.26 Å². The highest BCUT2D eigenvalue weighted by Gasteiger charge is 2.21. The smallest absolute Gasteiger partial charge is 0.161 e. The van der Waals surface area contributed by atoms with Crippen LogP contribution < -0.4 is 14.8 Å². The molecule has 1 aliphatic heterocycles. The number of nitriles is 1. The van der Waals surface area contributed by atoms with E-state index < -0.39 is 0 Å². The number of fused-ring (bicyclic) bond motifs is 1. The van der Waals surface area contributed by atoms with Gasteiger partial charge in [-0.3, -0.25) is 0 Å². The largest absolute Gasteiger partial charge is 0.493 e. The van der Waals surface area contributed by atoms with Crippen LogP contribution in [0.3, 0.4) is 0 Å². The molecule has 0 bridgehead atoms. The van der Waals surface area contributed by atoms with Gasteiger partial charge in [-0.05, 0) is 60.1 Å². The third kappa shape index (κ3) is 5.15. The number of hydrogen-bond donors (Lipinski definition) is 1. The van der Waals surface area contributed by atoms with Gasteiger partial charge in [0.2, 0.25) is 0 Å². The monoisotopic (exact) mass is 386 g/mol. The number of thioether (sulfide) groups is 1.